The van der Waals surface area contributed by atoms with Gasteiger partial charge in [-0.1, -0.05) is 105 Å². The summed E-state index contributed by atoms with van der Waals surface area (Å²) in [6.45, 7) is 12.2. The molecule has 0 aliphatic rings. The van der Waals surface area contributed by atoms with Crippen LogP contribution in [0.25, 0.3) is 11.1 Å². The van der Waals surface area contributed by atoms with Gasteiger partial charge in [-0.3, -0.25) is 0 Å². The van der Waals surface area contributed by atoms with Crippen molar-refractivity contribution in [2.75, 3.05) is 13.2 Å². The van der Waals surface area contributed by atoms with E-state index in [2.05, 4.69) is 70.2 Å². The first-order chi connectivity index (χ1) is 22.9. The number of allylic oxidation sites excluding steroid dienone is 5. The smallest absolute Gasteiger partial charge is 0.338 e. The van der Waals surface area contributed by atoms with Gasteiger partial charge in [0.1, 0.15) is 24.7 Å². The summed E-state index contributed by atoms with van der Waals surface area (Å²) in [6.07, 6.45) is 18.4. The Morgan fingerprint density at radius 2 is 1.19 bits per heavy atom. The Balaban J connectivity index is 1.36. The minimum absolute atomic E-state index is 0.306. The average Bonchev–Trinajstić information content (AvgIpc) is 3.10. The summed E-state index contributed by atoms with van der Waals surface area (Å²) in [7, 11) is 0. The highest BCUT2D eigenvalue weighted by molar-refractivity contribution is 5.89. The minimum Gasteiger partial charge on any atom is -0.494 e. The molecule has 47 heavy (non-hydrogen) atoms. The topological polar surface area (TPSA) is 44.8 Å². The molecule has 0 unspecified atom stereocenters. The third kappa shape index (κ3) is 14.9. The maximum absolute atomic E-state index is 12.6. The fourth-order valence-corrected chi connectivity index (χ4v) is 5.12. The second-order valence-corrected chi connectivity index (χ2v) is 12.5. The molecule has 3 aromatic rings. The third-order valence-electron chi connectivity index (χ3n) is 8.39. The molecule has 0 saturated carbocycles. The van der Waals surface area contributed by atoms with E-state index in [-0.39, 0.29) is 5.97 Å². The van der Waals surface area contributed by atoms with Crippen LogP contribution in [0.15, 0.2) is 108 Å². The minimum atomic E-state index is -0.311. The van der Waals surface area contributed by atoms with Gasteiger partial charge < -0.3 is 14.2 Å². The van der Waals surface area contributed by atoms with E-state index >= 15 is 0 Å². The summed E-state index contributed by atoms with van der Waals surface area (Å²) in [5, 5.41) is 0. The largest absolute Gasteiger partial charge is 0.494 e. The van der Waals surface area contributed by atoms with E-state index in [1.165, 1.54) is 43.3 Å². The van der Waals surface area contributed by atoms with Crippen molar-refractivity contribution in [3.05, 3.63) is 119 Å². The van der Waals surface area contributed by atoms with Crippen LogP contribution in [0, 0.1) is 0 Å². The maximum atomic E-state index is 12.6. The molecule has 0 heterocycles. The van der Waals surface area contributed by atoms with Gasteiger partial charge in [0.15, 0.2) is 0 Å². The molecule has 0 N–H and O–H groups in total. The van der Waals surface area contributed by atoms with Gasteiger partial charge in [0.2, 0.25) is 0 Å². The Bertz CT molecular complexity index is 1410. The number of hydrogen-bond donors (Lipinski definition) is 0. The fourth-order valence-electron chi connectivity index (χ4n) is 5.12. The molecule has 3 rings (SSSR count). The van der Waals surface area contributed by atoms with Crippen molar-refractivity contribution >= 4 is 5.97 Å². The highest BCUT2D eigenvalue weighted by Gasteiger charge is 2.08. The molecule has 3 aromatic carbocycles. The summed E-state index contributed by atoms with van der Waals surface area (Å²) >= 11 is 0. The SMILES string of the molecule is C/C=C(\C)CC/C=C(\C)CC/C=C(\C)COC(=O)c1ccc(COc2ccc(-c3ccc(OCCCCCCCC)cc3)cc2)cc1. The Kier molecular flexibility index (Phi) is 17.3. The van der Waals surface area contributed by atoms with Crippen LogP contribution < -0.4 is 9.47 Å². The lowest BCUT2D eigenvalue weighted by atomic mass is 10.1. The summed E-state index contributed by atoms with van der Waals surface area (Å²) in [5.74, 6) is 1.41. The molecule has 0 spiro atoms. The van der Waals surface area contributed by atoms with Gasteiger partial charge in [-0.25, -0.2) is 4.79 Å². The number of esters is 1. The average molecular weight is 637 g/mol. The van der Waals surface area contributed by atoms with Crippen LogP contribution in [0.3, 0.4) is 0 Å². The van der Waals surface area contributed by atoms with Gasteiger partial charge in [-0.2, -0.15) is 0 Å². The maximum Gasteiger partial charge on any atom is 0.338 e. The highest BCUT2D eigenvalue weighted by atomic mass is 16.5. The van der Waals surface area contributed by atoms with E-state index in [9.17, 15) is 4.79 Å². The van der Waals surface area contributed by atoms with Gasteiger partial charge in [-0.15, -0.1) is 0 Å². The lowest BCUT2D eigenvalue weighted by Crippen LogP contribution is -2.07. The molecule has 0 bridgehead atoms. The van der Waals surface area contributed by atoms with E-state index in [4.69, 9.17) is 14.2 Å². The van der Waals surface area contributed by atoms with Gasteiger partial charge in [-0.05, 0) is 118 Å². The Labute approximate surface area is 284 Å². The molecular weight excluding hydrogens is 580 g/mol. The number of carbonyl (C=O) groups is 1. The number of benzene rings is 3. The Morgan fingerprint density at radius 3 is 1.81 bits per heavy atom. The summed E-state index contributed by atoms with van der Waals surface area (Å²) in [4.78, 5) is 12.6. The summed E-state index contributed by atoms with van der Waals surface area (Å²) in [6, 6.07) is 23.8. The molecule has 0 saturated heterocycles. The van der Waals surface area contributed by atoms with Crippen molar-refractivity contribution in [3.63, 3.8) is 0 Å². The zero-order chi connectivity index (χ0) is 33.7. The van der Waals surface area contributed by atoms with E-state index in [1.807, 2.05) is 43.3 Å². The summed E-state index contributed by atoms with van der Waals surface area (Å²) in [5.41, 5.74) is 7.70. The number of carbonyl (C=O) groups excluding carboxylic acids is 1. The van der Waals surface area contributed by atoms with E-state index in [0.29, 0.717) is 18.8 Å². The first-order valence-corrected chi connectivity index (χ1v) is 17.5. The van der Waals surface area contributed by atoms with Crippen molar-refractivity contribution in [3.8, 4) is 22.6 Å². The predicted molar refractivity (Wildman–Crippen MR) is 197 cm³/mol. The first-order valence-electron chi connectivity index (χ1n) is 17.5. The zero-order valence-corrected chi connectivity index (χ0v) is 29.5. The molecule has 0 aliphatic carbocycles. The lowest BCUT2D eigenvalue weighted by Gasteiger charge is -2.10. The van der Waals surface area contributed by atoms with Crippen LogP contribution in [0.2, 0.25) is 0 Å². The molecule has 0 atom stereocenters. The molecular formula is C43H56O4. The van der Waals surface area contributed by atoms with Crippen molar-refractivity contribution in [2.24, 2.45) is 0 Å². The molecule has 0 aliphatic heterocycles. The van der Waals surface area contributed by atoms with E-state index < -0.39 is 0 Å². The standard InChI is InChI=1S/C43H56O4/c1-6-8-9-10-11-12-31-45-41-27-23-38(24-28-41)39-25-29-42(30-26-39)46-33-37-19-21-40(22-20-37)43(44)47-32-36(5)18-14-17-35(4)16-13-15-34(3)7-2/h7,16,18-30H,6,8-15,17,31-33H2,1-5H3/b34-7+,35-16+,36-18+. The van der Waals surface area contributed by atoms with Crippen LogP contribution in [0.4, 0.5) is 0 Å². The van der Waals surface area contributed by atoms with Crippen LogP contribution >= 0.6 is 0 Å². The van der Waals surface area contributed by atoms with Gasteiger partial charge in [0, 0.05) is 0 Å². The number of ether oxygens (including phenoxy) is 3. The normalized spacial score (nSPS) is 12.2. The predicted octanol–water partition coefficient (Wildman–Crippen LogP) is 12.2. The van der Waals surface area contributed by atoms with Crippen molar-refractivity contribution in [2.45, 2.75) is 105 Å². The molecule has 0 amide bonds. The highest BCUT2D eigenvalue weighted by Crippen LogP contribution is 2.25. The molecule has 4 heteroatoms. The zero-order valence-electron chi connectivity index (χ0n) is 29.5. The third-order valence-corrected chi connectivity index (χ3v) is 8.39. The number of unbranched alkanes of at least 4 members (excludes halogenated alkanes) is 5. The molecule has 0 fully saturated rings. The van der Waals surface area contributed by atoms with Crippen LogP contribution in [0.5, 0.6) is 11.5 Å². The lowest BCUT2D eigenvalue weighted by molar-refractivity contribution is 0.0539. The molecule has 0 radical (unpaired) electrons. The van der Waals surface area contributed by atoms with Crippen LogP contribution in [0.1, 0.15) is 115 Å². The van der Waals surface area contributed by atoms with Gasteiger partial charge in [0.25, 0.3) is 0 Å². The monoisotopic (exact) mass is 636 g/mol. The van der Waals surface area contributed by atoms with E-state index in [1.54, 1.807) is 12.1 Å². The second kappa shape index (κ2) is 21.7. The Hall–Kier alpha value is -4.05. The molecule has 4 nitrogen and oxygen atoms in total. The van der Waals surface area contributed by atoms with E-state index in [0.717, 1.165) is 72.5 Å². The van der Waals surface area contributed by atoms with Gasteiger partial charge in [0.05, 0.1) is 12.2 Å². The molecule has 0 aromatic heterocycles. The second-order valence-electron chi connectivity index (χ2n) is 12.5. The van der Waals surface area contributed by atoms with Crippen molar-refractivity contribution in [1.29, 1.82) is 0 Å². The number of rotatable bonds is 21. The molecule has 252 valence electrons. The quantitative estimate of drug-likeness (QED) is 0.0663. The van der Waals surface area contributed by atoms with Crippen LogP contribution in [-0.2, 0) is 11.3 Å². The first kappa shape index (κ1) is 37.4. The fraction of sp³-hybridized carbons (Fsp3) is 0.419. The number of hydrogen-bond acceptors (Lipinski definition) is 4. The van der Waals surface area contributed by atoms with Crippen molar-refractivity contribution < 1.29 is 19.0 Å². The van der Waals surface area contributed by atoms with Crippen molar-refractivity contribution in [1.82, 2.24) is 0 Å². The van der Waals surface area contributed by atoms with Crippen LogP contribution in [-0.4, -0.2) is 19.2 Å². The Morgan fingerprint density at radius 1 is 0.638 bits per heavy atom. The van der Waals surface area contributed by atoms with Gasteiger partial charge >= 0.3 is 5.97 Å². The summed E-state index contributed by atoms with van der Waals surface area (Å²) < 4.78 is 17.5.